The molecule has 0 aromatic carbocycles. The first-order chi connectivity index (χ1) is 9.92. The van der Waals surface area contributed by atoms with Crippen molar-refractivity contribution in [2.45, 2.75) is 13.3 Å². The van der Waals surface area contributed by atoms with E-state index in [0.717, 1.165) is 21.1 Å². The number of rotatable bonds is 5. The lowest BCUT2D eigenvalue weighted by Gasteiger charge is -2.11. The van der Waals surface area contributed by atoms with E-state index in [-0.39, 0.29) is 17.1 Å². The minimum Gasteiger partial charge on any atom is -0.478 e. The molecule has 1 aliphatic rings. The molecule has 3 N–H and O–H groups in total. The van der Waals surface area contributed by atoms with E-state index in [2.05, 4.69) is 10.6 Å². The standard InChI is InChI=1S/C12H13N3O5S/c1-2-6-3-7(11(18)19)10(21-6)14-8(16)5-15-9(17)4-13-12(15)20/h3H,2,4-5H2,1H3,(H,13,20)(H,14,16)(H,18,19). The van der Waals surface area contributed by atoms with Crippen LogP contribution >= 0.6 is 11.3 Å². The van der Waals surface area contributed by atoms with Crippen molar-refractivity contribution in [3.05, 3.63) is 16.5 Å². The third-order valence-electron chi connectivity index (χ3n) is 2.85. The lowest BCUT2D eigenvalue weighted by molar-refractivity contribution is -0.128. The average Bonchev–Trinajstić information content (AvgIpc) is 2.97. The molecule has 0 spiro atoms. The molecule has 1 aliphatic heterocycles. The van der Waals surface area contributed by atoms with Crippen molar-refractivity contribution in [3.63, 3.8) is 0 Å². The van der Waals surface area contributed by atoms with Crippen molar-refractivity contribution in [1.29, 1.82) is 0 Å². The normalized spacial score (nSPS) is 14.2. The Labute approximate surface area is 123 Å². The third kappa shape index (κ3) is 3.19. The van der Waals surface area contributed by atoms with Crippen LogP contribution in [0.1, 0.15) is 22.2 Å². The maximum atomic E-state index is 11.9. The number of carbonyl (C=O) groups is 4. The van der Waals surface area contributed by atoms with E-state index in [1.165, 1.54) is 6.07 Å². The van der Waals surface area contributed by atoms with Crippen molar-refractivity contribution in [1.82, 2.24) is 10.2 Å². The minimum atomic E-state index is -1.14. The number of imide groups is 1. The number of carboxylic acid groups (broad SMARTS) is 1. The van der Waals surface area contributed by atoms with Crippen molar-refractivity contribution < 1.29 is 24.3 Å². The molecule has 2 heterocycles. The van der Waals surface area contributed by atoms with E-state index in [0.29, 0.717) is 6.42 Å². The van der Waals surface area contributed by atoms with Gasteiger partial charge in [0.1, 0.15) is 11.5 Å². The maximum absolute atomic E-state index is 11.9. The number of hydrogen-bond acceptors (Lipinski definition) is 5. The number of hydrogen-bond donors (Lipinski definition) is 3. The van der Waals surface area contributed by atoms with E-state index in [9.17, 15) is 19.2 Å². The molecule has 1 saturated heterocycles. The molecule has 0 saturated carbocycles. The van der Waals surface area contributed by atoms with E-state index in [1.54, 1.807) is 0 Å². The molecule has 8 nitrogen and oxygen atoms in total. The third-order valence-corrected chi connectivity index (χ3v) is 4.05. The summed E-state index contributed by atoms with van der Waals surface area (Å²) in [5.41, 5.74) is 0.00222. The molecule has 1 fully saturated rings. The Morgan fingerprint density at radius 1 is 1.48 bits per heavy atom. The molecule has 2 rings (SSSR count). The summed E-state index contributed by atoms with van der Waals surface area (Å²) in [7, 11) is 0. The largest absolute Gasteiger partial charge is 0.478 e. The van der Waals surface area contributed by atoms with Crippen LogP contribution in [-0.2, 0) is 16.0 Å². The molecule has 0 aliphatic carbocycles. The number of nitrogens with one attached hydrogen (secondary N) is 2. The van der Waals surface area contributed by atoms with Gasteiger partial charge in [-0.15, -0.1) is 11.3 Å². The molecule has 0 unspecified atom stereocenters. The van der Waals surface area contributed by atoms with Crippen LogP contribution in [0.5, 0.6) is 0 Å². The van der Waals surface area contributed by atoms with Gasteiger partial charge in [0.15, 0.2) is 0 Å². The monoisotopic (exact) mass is 311 g/mol. The number of thiophene rings is 1. The predicted octanol–water partition coefficient (Wildman–Crippen LogP) is 0.499. The SMILES string of the molecule is CCc1cc(C(=O)O)c(NC(=O)CN2C(=O)CNC2=O)s1. The fraction of sp³-hybridized carbons (Fsp3) is 0.333. The Bertz CT molecular complexity index is 608. The molecule has 0 radical (unpaired) electrons. The fourth-order valence-corrected chi connectivity index (χ4v) is 2.80. The van der Waals surface area contributed by atoms with Gasteiger partial charge >= 0.3 is 12.0 Å². The lowest BCUT2D eigenvalue weighted by Crippen LogP contribution is -2.38. The molecule has 1 aromatic heterocycles. The first kappa shape index (κ1) is 15.0. The van der Waals surface area contributed by atoms with Crippen molar-refractivity contribution in [3.8, 4) is 0 Å². The quantitative estimate of drug-likeness (QED) is 0.685. The molecule has 0 bridgehead atoms. The van der Waals surface area contributed by atoms with Crippen LogP contribution in [0, 0.1) is 0 Å². The Hall–Kier alpha value is -2.42. The van der Waals surface area contributed by atoms with Gasteiger partial charge in [0.2, 0.25) is 5.91 Å². The first-order valence-corrected chi connectivity index (χ1v) is 6.98. The molecule has 21 heavy (non-hydrogen) atoms. The highest BCUT2D eigenvalue weighted by atomic mass is 32.1. The number of urea groups is 1. The van der Waals surface area contributed by atoms with Crippen molar-refractivity contribution >= 4 is 40.2 Å². The summed E-state index contributed by atoms with van der Waals surface area (Å²) in [4.78, 5) is 47.3. The van der Waals surface area contributed by atoms with Gasteiger partial charge in [-0.2, -0.15) is 0 Å². The molecular formula is C12H13N3O5S. The van der Waals surface area contributed by atoms with Gasteiger partial charge in [-0.1, -0.05) is 6.92 Å². The molecular weight excluding hydrogens is 298 g/mol. The second-order valence-electron chi connectivity index (χ2n) is 4.30. The molecule has 0 atom stereocenters. The number of aryl methyl sites for hydroxylation is 1. The summed E-state index contributed by atoms with van der Waals surface area (Å²) in [5.74, 6) is -2.25. The second kappa shape index (κ2) is 5.92. The van der Waals surface area contributed by atoms with Gasteiger partial charge < -0.3 is 15.7 Å². The first-order valence-electron chi connectivity index (χ1n) is 6.16. The summed E-state index contributed by atoms with van der Waals surface area (Å²) in [6.45, 7) is 1.30. The van der Waals surface area contributed by atoms with Crippen LogP contribution in [0.2, 0.25) is 0 Å². The smallest absolute Gasteiger partial charge is 0.338 e. The van der Waals surface area contributed by atoms with Crippen LogP contribution in [0.3, 0.4) is 0 Å². The number of carbonyl (C=O) groups excluding carboxylic acids is 3. The van der Waals surface area contributed by atoms with Gasteiger partial charge in [0.05, 0.1) is 12.1 Å². The van der Waals surface area contributed by atoms with Gasteiger partial charge in [0, 0.05) is 4.88 Å². The summed E-state index contributed by atoms with van der Waals surface area (Å²) in [6.07, 6.45) is 0.647. The average molecular weight is 311 g/mol. The molecule has 1 aromatic rings. The fourth-order valence-electron chi connectivity index (χ4n) is 1.79. The lowest BCUT2D eigenvalue weighted by atomic mass is 10.2. The number of anilines is 1. The van der Waals surface area contributed by atoms with Gasteiger partial charge in [0.25, 0.3) is 5.91 Å². The maximum Gasteiger partial charge on any atom is 0.338 e. The van der Waals surface area contributed by atoms with Gasteiger partial charge in [-0.05, 0) is 12.5 Å². The van der Waals surface area contributed by atoms with E-state index in [1.807, 2.05) is 6.92 Å². The number of carboxylic acids is 1. The summed E-state index contributed by atoms with van der Waals surface area (Å²) < 4.78 is 0. The highest BCUT2D eigenvalue weighted by Gasteiger charge is 2.30. The Morgan fingerprint density at radius 2 is 2.19 bits per heavy atom. The van der Waals surface area contributed by atoms with Gasteiger partial charge in [-0.3, -0.25) is 14.5 Å². The van der Waals surface area contributed by atoms with Crippen molar-refractivity contribution in [2.75, 3.05) is 18.4 Å². The Balaban J connectivity index is 2.09. The summed E-state index contributed by atoms with van der Waals surface area (Å²) in [5, 5.41) is 14.0. The van der Waals surface area contributed by atoms with E-state index < -0.39 is 30.4 Å². The van der Waals surface area contributed by atoms with Crippen LogP contribution in [0.25, 0.3) is 0 Å². The zero-order valence-electron chi connectivity index (χ0n) is 11.1. The second-order valence-corrected chi connectivity index (χ2v) is 5.44. The Morgan fingerprint density at radius 3 is 2.71 bits per heavy atom. The van der Waals surface area contributed by atoms with Gasteiger partial charge in [-0.25, -0.2) is 9.59 Å². The minimum absolute atomic E-state index is 0.00222. The van der Waals surface area contributed by atoms with Crippen LogP contribution in [0.15, 0.2) is 6.07 Å². The van der Waals surface area contributed by atoms with Crippen LogP contribution < -0.4 is 10.6 Å². The highest BCUT2D eigenvalue weighted by Crippen LogP contribution is 2.28. The van der Waals surface area contributed by atoms with Crippen LogP contribution in [0.4, 0.5) is 9.80 Å². The molecule has 9 heteroatoms. The summed E-state index contributed by atoms with van der Waals surface area (Å²) in [6, 6.07) is 0.866. The highest BCUT2D eigenvalue weighted by molar-refractivity contribution is 7.16. The number of aromatic carboxylic acids is 1. The topological polar surface area (TPSA) is 116 Å². The van der Waals surface area contributed by atoms with E-state index >= 15 is 0 Å². The number of amides is 4. The number of nitrogens with zero attached hydrogens (tertiary/aromatic N) is 1. The van der Waals surface area contributed by atoms with E-state index in [4.69, 9.17) is 5.11 Å². The van der Waals surface area contributed by atoms with Crippen LogP contribution in [-0.4, -0.2) is 46.9 Å². The van der Waals surface area contributed by atoms with Crippen molar-refractivity contribution in [2.24, 2.45) is 0 Å². The Kier molecular flexibility index (Phi) is 4.22. The zero-order chi connectivity index (χ0) is 15.6. The molecule has 4 amide bonds. The zero-order valence-corrected chi connectivity index (χ0v) is 12.0. The molecule has 112 valence electrons. The predicted molar refractivity (Wildman–Crippen MR) is 74.4 cm³/mol. The summed E-state index contributed by atoms with van der Waals surface area (Å²) >= 11 is 1.16.